The predicted molar refractivity (Wildman–Crippen MR) is 69.6 cm³/mol. The van der Waals surface area contributed by atoms with Crippen LogP contribution in [0.2, 0.25) is 5.02 Å². The highest BCUT2D eigenvalue weighted by molar-refractivity contribution is 7.98. The van der Waals surface area contributed by atoms with Gasteiger partial charge in [0.2, 0.25) is 0 Å². The summed E-state index contributed by atoms with van der Waals surface area (Å²) in [5.41, 5.74) is 6.90. The van der Waals surface area contributed by atoms with Crippen molar-refractivity contribution in [2.45, 2.75) is 10.8 Å². The van der Waals surface area contributed by atoms with Gasteiger partial charge in [-0.3, -0.25) is 0 Å². The maximum absolute atomic E-state index is 13.6. The van der Waals surface area contributed by atoms with E-state index in [9.17, 15) is 4.39 Å². The number of hydrogen-bond donors (Lipinski definition) is 1. The van der Waals surface area contributed by atoms with Gasteiger partial charge in [0.1, 0.15) is 10.8 Å². The molecule has 0 saturated carbocycles. The zero-order chi connectivity index (χ0) is 12.3. The minimum absolute atomic E-state index is 0.136. The first-order chi connectivity index (χ1) is 8.18. The van der Waals surface area contributed by atoms with E-state index < -0.39 is 0 Å². The van der Waals surface area contributed by atoms with Crippen LogP contribution in [0.3, 0.4) is 0 Å². The van der Waals surface area contributed by atoms with Crippen LogP contribution in [0.15, 0.2) is 41.6 Å². The first-order valence-corrected chi connectivity index (χ1v) is 6.31. The van der Waals surface area contributed by atoms with E-state index in [1.165, 1.54) is 17.8 Å². The molecule has 17 heavy (non-hydrogen) atoms. The average Bonchev–Trinajstić information content (AvgIpc) is 2.33. The highest BCUT2D eigenvalue weighted by Crippen LogP contribution is 2.28. The molecule has 1 heterocycles. The number of anilines is 1. The molecule has 0 atom stereocenters. The second-order valence-electron chi connectivity index (χ2n) is 3.40. The molecule has 0 spiro atoms. The third kappa shape index (κ3) is 2.90. The number of aromatic nitrogens is 1. The summed E-state index contributed by atoms with van der Waals surface area (Å²) in [5, 5.41) is 0.837. The van der Waals surface area contributed by atoms with E-state index in [1.54, 1.807) is 30.5 Å². The molecule has 2 rings (SSSR count). The van der Waals surface area contributed by atoms with Crippen molar-refractivity contribution < 1.29 is 4.39 Å². The monoisotopic (exact) mass is 268 g/mol. The predicted octanol–water partition coefficient (Wildman–Crippen LogP) is 3.75. The van der Waals surface area contributed by atoms with Gasteiger partial charge in [-0.05, 0) is 23.8 Å². The van der Waals surface area contributed by atoms with Crippen molar-refractivity contribution in [1.82, 2.24) is 4.98 Å². The van der Waals surface area contributed by atoms with Gasteiger partial charge in [0.25, 0.3) is 0 Å². The number of nitrogen functional groups attached to an aromatic ring is 1. The van der Waals surface area contributed by atoms with Crippen LogP contribution >= 0.6 is 23.4 Å². The van der Waals surface area contributed by atoms with E-state index >= 15 is 0 Å². The summed E-state index contributed by atoms with van der Waals surface area (Å²) in [6, 6.07) is 8.49. The molecule has 1 aromatic heterocycles. The number of halogens is 2. The lowest BCUT2D eigenvalue weighted by molar-refractivity contribution is 0.618. The molecule has 0 unspecified atom stereocenters. The molecule has 0 fully saturated rings. The van der Waals surface area contributed by atoms with Crippen LogP contribution in [0.4, 0.5) is 10.1 Å². The molecule has 1 aromatic carbocycles. The fourth-order valence-electron chi connectivity index (χ4n) is 1.33. The quantitative estimate of drug-likeness (QED) is 0.862. The van der Waals surface area contributed by atoms with Crippen LogP contribution < -0.4 is 5.73 Å². The zero-order valence-electron chi connectivity index (χ0n) is 8.86. The second kappa shape index (κ2) is 5.38. The summed E-state index contributed by atoms with van der Waals surface area (Å²) in [5.74, 6) is 0.0734. The summed E-state index contributed by atoms with van der Waals surface area (Å²) in [6.45, 7) is 0. The van der Waals surface area contributed by atoms with Crippen molar-refractivity contribution in [3.05, 3.63) is 52.9 Å². The van der Waals surface area contributed by atoms with Gasteiger partial charge in [0, 0.05) is 11.9 Å². The Morgan fingerprint density at radius 1 is 1.29 bits per heavy atom. The number of nitrogens with two attached hydrogens (primary N) is 1. The minimum atomic E-state index is -0.379. The lowest BCUT2D eigenvalue weighted by atomic mass is 10.2. The molecular formula is C12H10ClFN2S. The molecule has 88 valence electrons. The van der Waals surface area contributed by atoms with Crippen molar-refractivity contribution in [2.75, 3.05) is 5.73 Å². The molecule has 2 N–H and O–H groups in total. The Kier molecular flexibility index (Phi) is 3.86. The van der Waals surface area contributed by atoms with Gasteiger partial charge in [0.15, 0.2) is 0 Å². The zero-order valence-corrected chi connectivity index (χ0v) is 10.4. The van der Waals surface area contributed by atoms with E-state index in [4.69, 9.17) is 17.3 Å². The number of thioether (sulfide) groups is 1. The van der Waals surface area contributed by atoms with Gasteiger partial charge >= 0.3 is 0 Å². The Morgan fingerprint density at radius 3 is 2.88 bits per heavy atom. The van der Waals surface area contributed by atoms with Crippen molar-refractivity contribution in [1.29, 1.82) is 0 Å². The van der Waals surface area contributed by atoms with Gasteiger partial charge in [0.05, 0.1) is 10.7 Å². The number of nitrogens with zero attached hydrogens (tertiary/aromatic N) is 1. The fraction of sp³-hybridized carbons (Fsp3) is 0.0833. The molecule has 0 aliphatic carbocycles. The Balaban J connectivity index is 2.13. The number of hydrogen-bond acceptors (Lipinski definition) is 3. The van der Waals surface area contributed by atoms with Crippen LogP contribution in [0, 0.1) is 5.82 Å². The average molecular weight is 269 g/mol. The van der Waals surface area contributed by atoms with Crippen LogP contribution in [-0.2, 0) is 5.75 Å². The minimum Gasteiger partial charge on any atom is -0.397 e. The summed E-state index contributed by atoms with van der Waals surface area (Å²) >= 11 is 7.09. The number of rotatable bonds is 3. The first kappa shape index (κ1) is 12.2. The Hall–Kier alpha value is -1.26. The van der Waals surface area contributed by atoms with Crippen molar-refractivity contribution >= 4 is 29.1 Å². The van der Waals surface area contributed by atoms with Gasteiger partial charge in [-0.15, -0.1) is 0 Å². The molecular weight excluding hydrogens is 259 g/mol. The second-order valence-corrected chi connectivity index (χ2v) is 4.77. The number of benzene rings is 1. The lowest BCUT2D eigenvalue weighted by Crippen LogP contribution is -1.93. The Labute approximate surface area is 108 Å². The molecule has 2 nitrogen and oxygen atoms in total. The third-order valence-corrected chi connectivity index (χ3v) is 3.56. The van der Waals surface area contributed by atoms with E-state index in [2.05, 4.69) is 4.98 Å². The van der Waals surface area contributed by atoms with E-state index in [1.807, 2.05) is 0 Å². The summed E-state index contributed by atoms with van der Waals surface area (Å²) in [7, 11) is 0. The smallest absolute Gasteiger partial charge is 0.145 e. The molecule has 5 heteroatoms. The largest absolute Gasteiger partial charge is 0.397 e. The molecule has 0 bridgehead atoms. The summed E-state index contributed by atoms with van der Waals surface area (Å²) < 4.78 is 13.6. The van der Waals surface area contributed by atoms with E-state index in [0.29, 0.717) is 22.0 Å². The van der Waals surface area contributed by atoms with E-state index in [-0.39, 0.29) is 10.8 Å². The molecule has 0 amide bonds. The van der Waals surface area contributed by atoms with Crippen LogP contribution in [-0.4, -0.2) is 4.98 Å². The molecule has 0 aliphatic heterocycles. The molecule has 0 saturated heterocycles. The normalized spacial score (nSPS) is 10.5. The van der Waals surface area contributed by atoms with Gasteiger partial charge < -0.3 is 5.73 Å². The lowest BCUT2D eigenvalue weighted by Gasteiger charge is -2.05. The van der Waals surface area contributed by atoms with Crippen LogP contribution in [0.25, 0.3) is 0 Å². The van der Waals surface area contributed by atoms with Gasteiger partial charge in [-0.25, -0.2) is 9.37 Å². The van der Waals surface area contributed by atoms with Crippen molar-refractivity contribution in [3.8, 4) is 0 Å². The summed E-state index contributed by atoms with van der Waals surface area (Å²) in [6.07, 6.45) is 1.66. The number of pyridine rings is 1. The molecule has 0 aliphatic rings. The highest BCUT2D eigenvalue weighted by Gasteiger charge is 2.08. The van der Waals surface area contributed by atoms with Crippen LogP contribution in [0.5, 0.6) is 0 Å². The van der Waals surface area contributed by atoms with E-state index in [0.717, 1.165) is 0 Å². The van der Waals surface area contributed by atoms with Gasteiger partial charge in [-0.1, -0.05) is 35.5 Å². The highest BCUT2D eigenvalue weighted by atomic mass is 35.5. The topological polar surface area (TPSA) is 38.9 Å². The standard InChI is InChI=1S/C12H10ClFN2S/c13-9-4-1-3-8(11(9)14)7-17-12-10(15)5-2-6-16-12/h1-6H,7,15H2. The SMILES string of the molecule is Nc1cccnc1SCc1cccc(Cl)c1F. The maximum Gasteiger partial charge on any atom is 0.145 e. The molecule has 2 aromatic rings. The maximum atomic E-state index is 13.6. The van der Waals surface area contributed by atoms with Gasteiger partial charge in [-0.2, -0.15) is 0 Å². The third-order valence-electron chi connectivity index (χ3n) is 2.20. The Bertz CT molecular complexity index is 534. The Morgan fingerprint density at radius 2 is 2.12 bits per heavy atom. The fourth-order valence-corrected chi connectivity index (χ4v) is 2.41. The van der Waals surface area contributed by atoms with Crippen molar-refractivity contribution in [3.63, 3.8) is 0 Å². The molecule has 0 radical (unpaired) electrons. The summed E-state index contributed by atoms with van der Waals surface area (Å²) in [4.78, 5) is 4.13. The van der Waals surface area contributed by atoms with Crippen LogP contribution in [0.1, 0.15) is 5.56 Å². The van der Waals surface area contributed by atoms with Crippen molar-refractivity contribution in [2.24, 2.45) is 0 Å². The first-order valence-electron chi connectivity index (χ1n) is 4.94.